The standard InChI is InChI=1S/C26H26N2O4/c1-18-15-24(19(2)28(18)13-8-14-31-3)25(29)17-32-26(30)23-12-7-6-11-22(23)21-10-5-4-9-20(21)16-27/h4-7,9-12,15H,8,13-14,17H2,1-3H3. The Bertz CT molecular complexity index is 1170. The first-order valence-corrected chi connectivity index (χ1v) is 10.4. The summed E-state index contributed by atoms with van der Waals surface area (Å²) in [6.07, 6.45) is 0.844. The second kappa shape index (κ2) is 10.6. The third-order valence-corrected chi connectivity index (χ3v) is 5.42. The number of methoxy groups -OCH3 is 1. The molecule has 0 amide bonds. The van der Waals surface area contributed by atoms with Gasteiger partial charge >= 0.3 is 5.97 Å². The van der Waals surface area contributed by atoms with Gasteiger partial charge in [0.2, 0.25) is 5.78 Å². The Morgan fingerprint density at radius 1 is 1.00 bits per heavy atom. The fraction of sp³-hybridized carbons (Fsp3) is 0.269. The van der Waals surface area contributed by atoms with Gasteiger partial charge in [-0.05, 0) is 44.0 Å². The van der Waals surface area contributed by atoms with Crippen molar-refractivity contribution in [2.75, 3.05) is 20.3 Å². The Labute approximate surface area is 188 Å². The van der Waals surface area contributed by atoms with Gasteiger partial charge in [-0.1, -0.05) is 36.4 Å². The van der Waals surface area contributed by atoms with Crippen molar-refractivity contribution >= 4 is 11.8 Å². The molecule has 6 heteroatoms. The quantitative estimate of drug-likeness (QED) is 0.279. The average molecular weight is 431 g/mol. The lowest BCUT2D eigenvalue weighted by Crippen LogP contribution is -2.16. The molecule has 0 bridgehead atoms. The maximum Gasteiger partial charge on any atom is 0.339 e. The molecule has 1 heterocycles. The van der Waals surface area contributed by atoms with Gasteiger partial charge in [0.05, 0.1) is 17.2 Å². The van der Waals surface area contributed by atoms with Gasteiger partial charge in [-0.15, -0.1) is 0 Å². The van der Waals surface area contributed by atoms with Crippen LogP contribution in [0.5, 0.6) is 0 Å². The number of nitriles is 1. The highest BCUT2D eigenvalue weighted by Crippen LogP contribution is 2.27. The lowest BCUT2D eigenvalue weighted by Gasteiger charge is -2.11. The molecule has 0 N–H and O–H groups in total. The lowest BCUT2D eigenvalue weighted by atomic mass is 9.96. The fourth-order valence-electron chi connectivity index (χ4n) is 3.79. The van der Waals surface area contributed by atoms with E-state index in [0.29, 0.717) is 34.4 Å². The summed E-state index contributed by atoms with van der Waals surface area (Å²) in [4.78, 5) is 25.6. The zero-order valence-electron chi connectivity index (χ0n) is 18.6. The number of ketones is 1. The summed E-state index contributed by atoms with van der Waals surface area (Å²) < 4.78 is 12.6. The zero-order chi connectivity index (χ0) is 23.1. The molecule has 0 saturated carbocycles. The number of benzene rings is 2. The molecule has 3 rings (SSSR count). The summed E-state index contributed by atoms with van der Waals surface area (Å²) in [7, 11) is 1.66. The van der Waals surface area contributed by atoms with E-state index in [0.717, 1.165) is 24.4 Å². The Morgan fingerprint density at radius 3 is 2.41 bits per heavy atom. The molecule has 1 aromatic heterocycles. The normalized spacial score (nSPS) is 10.6. The zero-order valence-corrected chi connectivity index (χ0v) is 18.6. The minimum atomic E-state index is -0.601. The van der Waals surface area contributed by atoms with E-state index in [1.54, 1.807) is 49.6 Å². The number of hydrogen-bond acceptors (Lipinski definition) is 5. The van der Waals surface area contributed by atoms with E-state index in [1.807, 2.05) is 26.0 Å². The van der Waals surface area contributed by atoms with E-state index in [-0.39, 0.29) is 12.4 Å². The van der Waals surface area contributed by atoms with Crippen molar-refractivity contribution in [2.45, 2.75) is 26.8 Å². The van der Waals surface area contributed by atoms with Crippen LogP contribution in [0, 0.1) is 25.2 Å². The van der Waals surface area contributed by atoms with Gasteiger partial charge in [-0.3, -0.25) is 4.79 Å². The second-order valence-electron chi connectivity index (χ2n) is 7.49. The van der Waals surface area contributed by atoms with Crippen LogP contribution in [0.2, 0.25) is 0 Å². The molecule has 0 atom stereocenters. The Hall–Kier alpha value is -3.69. The van der Waals surface area contributed by atoms with Crippen LogP contribution in [0.25, 0.3) is 11.1 Å². The molecule has 0 aliphatic rings. The molecule has 0 radical (unpaired) electrons. The molecule has 3 aromatic rings. The number of aromatic nitrogens is 1. The topological polar surface area (TPSA) is 81.3 Å². The van der Waals surface area contributed by atoms with Gasteiger partial charge < -0.3 is 14.0 Å². The minimum absolute atomic E-state index is 0.251. The molecule has 0 fully saturated rings. The summed E-state index contributed by atoms with van der Waals surface area (Å²) in [5.41, 5.74) is 4.40. The van der Waals surface area contributed by atoms with Crippen molar-refractivity contribution in [3.05, 3.63) is 82.7 Å². The van der Waals surface area contributed by atoms with E-state index in [1.165, 1.54) is 0 Å². The Balaban J connectivity index is 1.76. The van der Waals surface area contributed by atoms with Gasteiger partial charge in [-0.25, -0.2) is 4.79 Å². The van der Waals surface area contributed by atoms with Crippen molar-refractivity contribution in [1.82, 2.24) is 4.57 Å². The largest absolute Gasteiger partial charge is 0.454 e. The number of carbonyl (C=O) groups excluding carboxylic acids is 2. The van der Waals surface area contributed by atoms with Gasteiger partial charge in [0.25, 0.3) is 0 Å². The summed E-state index contributed by atoms with van der Waals surface area (Å²) >= 11 is 0. The van der Waals surface area contributed by atoms with E-state index in [4.69, 9.17) is 9.47 Å². The van der Waals surface area contributed by atoms with E-state index >= 15 is 0 Å². The number of esters is 1. The number of rotatable bonds is 9. The highest BCUT2D eigenvalue weighted by molar-refractivity contribution is 6.02. The highest BCUT2D eigenvalue weighted by atomic mass is 16.5. The average Bonchev–Trinajstić information content (AvgIpc) is 3.11. The summed E-state index contributed by atoms with van der Waals surface area (Å²) in [5.74, 6) is -0.852. The van der Waals surface area contributed by atoms with Crippen molar-refractivity contribution in [2.24, 2.45) is 0 Å². The Morgan fingerprint density at radius 2 is 1.69 bits per heavy atom. The van der Waals surface area contributed by atoms with Crippen LogP contribution in [0.15, 0.2) is 54.6 Å². The smallest absolute Gasteiger partial charge is 0.339 e. The van der Waals surface area contributed by atoms with Crippen molar-refractivity contribution < 1.29 is 19.1 Å². The predicted molar refractivity (Wildman–Crippen MR) is 122 cm³/mol. The van der Waals surface area contributed by atoms with Crippen LogP contribution in [-0.4, -0.2) is 36.6 Å². The second-order valence-corrected chi connectivity index (χ2v) is 7.49. The van der Waals surface area contributed by atoms with E-state index in [2.05, 4.69) is 10.6 Å². The molecule has 0 aliphatic heterocycles. The summed E-state index contributed by atoms with van der Waals surface area (Å²) in [5, 5.41) is 9.41. The van der Waals surface area contributed by atoms with Crippen molar-refractivity contribution in [1.29, 1.82) is 5.26 Å². The van der Waals surface area contributed by atoms with Gasteiger partial charge in [-0.2, -0.15) is 5.26 Å². The molecule has 32 heavy (non-hydrogen) atoms. The van der Waals surface area contributed by atoms with Gasteiger partial charge in [0.15, 0.2) is 6.61 Å². The fourth-order valence-corrected chi connectivity index (χ4v) is 3.79. The van der Waals surface area contributed by atoms with Crippen LogP contribution < -0.4 is 0 Å². The first-order valence-electron chi connectivity index (χ1n) is 10.4. The molecule has 0 saturated heterocycles. The van der Waals surface area contributed by atoms with Crippen molar-refractivity contribution in [3.63, 3.8) is 0 Å². The SMILES string of the molecule is COCCCn1c(C)cc(C(=O)COC(=O)c2ccccc2-c2ccccc2C#N)c1C. The van der Waals surface area contributed by atoms with E-state index < -0.39 is 5.97 Å². The molecule has 164 valence electrons. The number of carbonyl (C=O) groups is 2. The summed E-state index contributed by atoms with van der Waals surface area (Å²) in [6, 6.07) is 18.0. The molecule has 0 aliphatic carbocycles. The number of hydrogen-bond donors (Lipinski definition) is 0. The third kappa shape index (κ3) is 4.96. The Kier molecular flexibility index (Phi) is 7.58. The first-order chi connectivity index (χ1) is 15.5. The molecular formula is C26H26N2O4. The molecule has 6 nitrogen and oxygen atoms in total. The number of ether oxygens (including phenoxy) is 2. The molecule has 0 spiro atoms. The lowest BCUT2D eigenvalue weighted by molar-refractivity contribution is 0.0475. The first kappa shape index (κ1) is 23.0. The minimum Gasteiger partial charge on any atom is -0.454 e. The van der Waals surface area contributed by atoms with Crippen LogP contribution in [0.4, 0.5) is 0 Å². The molecule has 2 aromatic carbocycles. The van der Waals surface area contributed by atoms with Gasteiger partial charge in [0, 0.05) is 42.8 Å². The van der Waals surface area contributed by atoms with Gasteiger partial charge in [0.1, 0.15) is 0 Å². The van der Waals surface area contributed by atoms with Crippen LogP contribution >= 0.6 is 0 Å². The highest BCUT2D eigenvalue weighted by Gasteiger charge is 2.20. The van der Waals surface area contributed by atoms with Crippen molar-refractivity contribution in [3.8, 4) is 17.2 Å². The summed E-state index contributed by atoms with van der Waals surface area (Å²) in [6.45, 7) is 4.89. The van der Waals surface area contributed by atoms with Crippen LogP contribution in [-0.2, 0) is 16.0 Å². The van der Waals surface area contributed by atoms with Crippen LogP contribution in [0.3, 0.4) is 0 Å². The monoisotopic (exact) mass is 430 g/mol. The molecular weight excluding hydrogens is 404 g/mol. The number of nitrogens with zero attached hydrogens (tertiary/aromatic N) is 2. The van der Waals surface area contributed by atoms with Crippen LogP contribution in [0.1, 0.15) is 44.1 Å². The number of aryl methyl sites for hydroxylation is 1. The predicted octanol–water partition coefficient (Wildman–Crippen LogP) is 4.72. The molecule has 0 unspecified atom stereocenters. The third-order valence-electron chi connectivity index (χ3n) is 5.42. The maximum atomic E-state index is 12.8. The maximum absolute atomic E-state index is 12.8. The number of Topliss-reactive ketones (excluding diaryl/α,β-unsaturated/α-hetero) is 1. The van der Waals surface area contributed by atoms with E-state index in [9.17, 15) is 14.9 Å².